The van der Waals surface area contributed by atoms with Crippen molar-refractivity contribution in [3.63, 3.8) is 0 Å². The molecule has 0 fully saturated rings. The van der Waals surface area contributed by atoms with Crippen molar-refractivity contribution in [2.24, 2.45) is 5.92 Å². The molecule has 1 atom stereocenters. The zero-order valence-electron chi connectivity index (χ0n) is 12.1. The summed E-state index contributed by atoms with van der Waals surface area (Å²) in [6.07, 6.45) is -0.0147. The van der Waals surface area contributed by atoms with Gasteiger partial charge in [0.25, 0.3) is 0 Å². The van der Waals surface area contributed by atoms with Gasteiger partial charge in [0.15, 0.2) is 5.82 Å². The van der Waals surface area contributed by atoms with E-state index < -0.39 is 5.97 Å². The maximum absolute atomic E-state index is 11.1. The number of benzene rings is 1. The van der Waals surface area contributed by atoms with E-state index in [1.165, 1.54) is 0 Å². The second-order valence-corrected chi connectivity index (χ2v) is 6.19. The van der Waals surface area contributed by atoms with Crippen LogP contribution in [0.2, 0.25) is 0 Å². The fraction of sp³-hybridized carbons (Fsp3) is 0.429. The van der Waals surface area contributed by atoms with Gasteiger partial charge in [-0.05, 0) is 41.0 Å². The lowest BCUT2D eigenvalue weighted by molar-refractivity contribution is -0.138. The largest absolute Gasteiger partial charge is 0.481 e. The molecule has 0 aliphatic carbocycles. The number of halogens is 1. The van der Waals surface area contributed by atoms with E-state index in [1.807, 2.05) is 39.0 Å². The summed E-state index contributed by atoms with van der Waals surface area (Å²) in [6.45, 7) is 5.92. The molecule has 0 saturated heterocycles. The molecule has 0 radical (unpaired) electrons. The maximum atomic E-state index is 11.1. The Morgan fingerprint density at radius 3 is 2.71 bits per heavy atom. The minimum atomic E-state index is -0.863. The number of aliphatic carboxylic acids is 1. The van der Waals surface area contributed by atoms with Gasteiger partial charge in [-0.15, -0.1) is 5.10 Å². The quantitative estimate of drug-likeness (QED) is 0.893. The molecule has 0 bridgehead atoms. The Morgan fingerprint density at radius 1 is 1.43 bits per heavy atom. The Bertz CT molecular complexity index is 654. The van der Waals surface area contributed by atoms with E-state index in [1.54, 1.807) is 4.68 Å². The highest BCUT2D eigenvalue weighted by Crippen LogP contribution is 2.31. The number of carbonyl (C=O) groups is 1. The molecule has 2 rings (SSSR count). The lowest BCUT2D eigenvalue weighted by Gasteiger charge is -2.20. The zero-order chi connectivity index (χ0) is 15.6. The fourth-order valence-electron chi connectivity index (χ4n) is 2.18. The van der Waals surface area contributed by atoms with Crippen molar-refractivity contribution >= 4 is 21.9 Å². The van der Waals surface area contributed by atoms with Gasteiger partial charge < -0.3 is 5.11 Å². The summed E-state index contributed by atoms with van der Waals surface area (Å²) < 4.78 is 2.49. The third-order valence-electron chi connectivity index (χ3n) is 3.33. The van der Waals surface area contributed by atoms with Gasteiger partial charge in [-0.1, -0.05) is 35.8 Å². The second-order valence-electron chi connectivity index (χ2n) is 5.34. The molecule has 112 valence electrons. The van der Waals surface area contributed by atoms with Crippen LogP contribution < -0.4 is 0 Å². The monoisotopic (exact) mass is 352 g/mol. The molecule has 6 nitrogen and oxygen atoms in total. The first kappa shape index (κ1) is 15.6. The van der Waals surface area contributed by atoms with E-state index in [0.717, 1.165) is 15.6 Å². The van der Waals surface area contributed by atoms with Gasteiger partial charge in [-0.25, -0.2) is 4.68 Å². The highest BCUT2D eigenvalue weighted by molar-refractivity contribution is 9.10. The molecule has 0 spiro atoms. The van der Waals surface area contributed by atoms with Gasteiger partial charge in [0.05, 0.1) is 12.5 Å². The molecule has 1 N–H and O–H groups in total. The van der Waals surface area contributed by atoms with Crippen molar-refractivity contribution in [3.8, 4) is 11.4 Å². The topological polar surface area (TPSA) is 80.9 Å². The van der Waals surface area contributed by atoms with Crippen LogP contribution in [0.25, 0.3) is 11.4 Å². The average molecular weight is 353 g/mol. The van der Waals surface area contributed by atoms with Gasteiger partial charge in [0, 0.05) is 10.0 Å². The van der Waals surface area contributed by atoms with Crippen molar-refractivity contribution in [2.75, 3.05) is 0 Å². The van der Waals surface area contributed by atoms with E-state index in [0.29, 0.717) is 5.82 Å². The van der Waals surface area contributed by atoms with E-state index in [9.17, 15) is 4.79 Å². The smallest absolute Gasteiger partial charge is 0.305 e. The van der Waals surface area contributed by atoms with Crippen LogP contribution in [0, 0.1) is 12.8 Å². The predicted octanol–water partition coefficient (Wildman–Crippen LogP) is 3.08. The summed E-state index contributed by atoms with van der Waals surface area (Å²) in [6, 6.07) is 5.59. The van der Waals surface area contributed by atoms with E-state index in [2.05, 4.69) is 31.5 Å². The summed E-state index contributed by atoms with van der Waals surface area (Å²) in [5.41, 5.74) is 1.97. The number of aromatic nitrogens is 4. The van der Waals surface area contributed by atoms with Gasteiger partial charge in [-0.2, -0.15) is 0 Å². The predicted molar refractivity (Wildman–Crippen MR) is 81.8 cm³/mol. The van der Waals surface area contributed by atoms with Crippen molar-refractivity contribution in [3.05, 3.63) is 28.2 Å². The average Bonchev–Trinajstić information content (AvgIpc) is 2.84. The Hall–Kier alpha value is -1.76. The molecule has 0 aliphatic rings. The van der Waals surface area contributed by atoms with E-state index >= 15 is 0 Å². The SMILES string of the molecule is Cc1ccc(-c2nnnn2C(CC(=O)O)C(C)C)c(Br)c1. The fourth-order valence-corrected chi connectivity index (χ4v) is 2.85. The third kappa shape index (κ3) is 3.47. The Balaban J connectivity index is 2.48. The molecule has 1 heterocycles. The molecule has 1 unspecified atom stereocenters. The first-order valence-corrected chi connectivity index (χ1v) is 7.45. The van der Waals surface area contributed by atoms with Gasteiger partial charge in [0.1, 0.15) is 0 Å². The van der Waals surface area contributed by atoms with Crippen LogP contribution in [-0.2, 0) is 4.79 Å². The minimum Gasteiger partial charge on any atom is -0.481 e. The van der Waals surface area contributed by atoms with Crippen LogP contribution in [0.15, 0.2) is 22.7 Å². The van der Waals surface area contributed by atoms with Crippen LogP contribution in [0.3, 0.4) is 0 Å². The third-order valence-corrected chi connectivity index (χ3v) is 3.98. The number of carboxylic acid groups (broad SMARTS) is 1. The first-order valence-electron chi connectivity index (χ1n) is 6.66. The summed E-state index contributed by atoms with van der Waals surface area (Å²) >= 11 is 3.51. The van der Waals surface area contributed by atoms with E-state index in [-0.39, 0.29) is 18.4 Å². The lowest BCUT2D eigenvalue weighted by Crippen LogP contribution is -2.21. The molecule has 0 saturated carbocycles. The summed E-state index contributed by atoms with van der Waals surface area (Å²) in [5.74, 6) is -0.187. The Labute approximate surface area is 131 Å². The molecule has 1 aromatic heterocycles. The highest BCUT2D eigenvalue weighted by atomic mass is 79.9. The molecular formula is C14H17BrN4O2. The number of aryl methyl sites for hydroxylation is 1. The highest BCUT2D eigenvalue weighted by Gasteiger charge is 2.25. The summed E-state index contributed by atoms with van der Waals surface area (Å²) in [4.78, 5) is 11.1. The number of tetrazole rings is 1. The maximum Gasteiger partial charge on any atom is 0.305 e. The number of hydrogen-bond donors (Lipinski definition) is 1. The summed E-state index contributed by atoms with van der Waals surface area (Å²) in [7, 11) is 0. The lowest BCUT2D eigenvalue weighted by atomic mass is 10.0. The molecule has 7 heteroatoms. The molecule has 2 aromatic rings. The number of rotatable bonds is 5. The second kappa shape index (κ2) is 6.34. The Kier molecular flexibility index (Phi) is 4.72. The zero-order valence-corrected chi connectivity index (χ0v) is 13.7. The van der Waals surface area contributed by atoms with Crippen LogP contribution in [0.5, 0.6) is 0 Å². The number of carboxylic acids is 1. The van der Waals surface area contributed by atoms with Crippen molar-refractivity contribution in [1.82, 2.24) is 20.2 Å². The number of nitrogens with zero attached hydrogens (tertiary/aromatic N) is 4. The number of hydrogen-bond acceptors (Lipinski definition) is 4. The van der Waals surface area contributed by atoms with Crippen molar-refractivity contribution in [2.45, 2.75) is 33.2 Å². The van der Waals surface area contributed by atoms with Gasteiger partial charge >= 0.3 is 5.97 Å². The van der Waals surface area contributed by atoms with Crippen molar-refractivity contribution < 1.29 is 9.90 Å². The molecular weight excluding hydrogens is 336 g/mol. The molecule has 0 amide bonds. The van der Waals surface area contributed by atoms with Crippen LogP contribution in [-0.4, -0.2) is 31.3 Å². The normalized spacial score (nSPS) is 12.6. The minimum absolute atomic E-state index is 0.0147. The van der Waals surface area contributed by atoms with Gasteiger partial charge in [0.2, 0.25) is 0 Å². The van der Waals surface area contributed by atoms with Crippen LogP contribution in [0.4, 0.5) is 0 Å². The van der Waals surface area contributed by atoms with E-state index in [4.69, 9.17) is 5.11 Å². The van der Waals surface area contributed by atoms with Crippen molar-refractivity contribution in [1.29, 1.82) is 0 Å². The Morgan fingerprint density at radius 2 is 2.14 bits per heavy atom. The summed E-state index contributed by atoms with van der Waals surface area (Å²) in [5, 5.41) is 20.9. The molecule has 0 aliphatic heterocycles. The first-order chi connectivity index (χ1) is 9.90. The van der Waals surface area contributed by atoms with Crippen LogP contribution >= 0.6 is 15.9 Å². The van der Waals surface area contributed by atoms with Crippen LogP contribution in [0.1, 0.15) is 31.9 Å². The molecule has 21 heavy (non-hydrogen) atoms. The molecule has 1 aromatic carbocycles. The van der Waals surface area contributed by atoms with Gasteiger partial charge in [-0.3, -0.25) is 4.79 Å². The standard InChI is InChI=1S/C14H17BrN4O2/c1-8(2)12(7-13(20)21)19-14(16-17-18-19)10-5-4-9(3)6-11(10)15/h4-6,8,12H,7H2,1-3H3,(H,20,21).